The Labute approximate surface area is 199 Å². The van der Waals surface area contributed by atoms with Gasteiger partial charge in [-0.3, -0.25) is 9.69 Å². The number of carbonyl (C=O) groups excluding carboxylic acids is 1. The highest BCUT2D eigenvalue weighted by atomic mass is 79.9. The molecule has 1 aliphatic heterocycles. The lowest BCUT2D eigenvalue weighted by atomic mass is 10.2. The molecule has 1 aromatic heterocycles. The lowest BCUT2D eigenvalue weighted by Crippen LogP contribution is -2.28. The van der Waals surface area contributed by atoms with Crippen LogP contribution in [0.4, 0.5) is 5.69 Å². The van der Waals surface area contributed by atoms with Gasteiger partial charge in [0, 0.05) is 24.3 Å². The maximum atomic E-state index is 13.1. The minimum absolute atomic E-state index is 0.126. The van der Waals surface area contributed by atoms with E-state index < -0.39 is 0 Å². The van der Waals surface area contributed by atoms with E-state index in [9.17, 15) is 4.79 Å². The molecule has 8 heteroatoms. The largest absolute Gasteiger partial charge is 0.467 e. The first-order chi connectivity index (χ1) is 15.5. The minimum atomic E-state index is -0.126. The molecule has 0 bridgehead atoms. The maximum Gasteiger partial charge on any atom is 0.267 e. The molecule has 6 nitrogen and oxygen atoms in total. The van der Waals surface area contributed by atoms with Crippen molar-refractivity contribution < 1.29 is 9.21 Å². The number of halogens is 1. The Morgan fingerprint density at radius 2 is 1.78 bits per heavy atom. The van der Waals surface area contributed by atoms with Crippen LogP contribution in [0.15, 0.2) is 90.9 Å². The second-order valence-corrected chi connectivity index (χ2v) is 9.17. The van der Waals surface area contributed by atoms with Gasteiger partial charge in [0.2, 0.25) is 0 Å². The van der Waals surface area contributed by atoms with Gasteiger partial charge in [-0.2, -0.15) is 5.10 Å². The molecule has 0 radical (unpaired) electrons. The van der Waals surface area contributed by atoms with Gasteiger partial charge in [-0.25, -0.2) is 0 Å². The van der Waals surface area contributed by atoms with Crippen molar-refractivity contribution in [2.45, 2.75) is 6.54 Å². The first-order valence-corrected chi connectivity index (χ1v) is 11.5. The quantitative estimate of drug-likeness (QED) is 0.246. The Bertz CT molecular complexity index is 1170. The molecular weight excluding hydrogens is 488 g/mol. The van der Waals surface area contributed by atoms with Crippen molar-refractivity contribution in [2.24, 2.45) is 10.2 Å². The monoisotopic (exact) mass is 508 g/mol. The third-order valence-electron chi connectivity index (χ3n) is 4.71. The van der Waals surface area contributed by atoms with Crippen LogP contribution in [0, 0.1) is 0 Å². The Hall–Kier alpha value is -3.10. The molecule has 1 aliphatic rings. The number of furan rings is 1. The van der Waals surface area contributed by atoms with E-state index >= 15 is 0 Å². The molecule has 0 atom stereocenters. The standard InChI is InChI=1S/C24H21BrN4O2S/c1-28(2)20-11-7-18(8-12-20)15-26-27-24-29(16-21-4-3-13-31-21)23(30)22(32-24)14-17-5-9-19(25)10-6-17/h3-15H,16H2,1-2H3/b22-14-,26-15+,27-24-. The van der Waals surface area contributed by atoms with Crippen molar-refractivity contribution in [3.8, 4) is 0 Å². The van der Waals surface area contributed by atoms with Gasteiger partial charge < -0.3 is 9.32 Å². The van der Waals surface area contributed by atoms with Gasteiger partial charge >= 0.3 is 0 Å². The Balaban J connectivity index is 1.58. The molecule has 0 N–H and O–H groups in total. The molecule has 3 aromatic rings. The van der Waals surface area contributed by atoms with Crippen LogP contribution in [0.5, 0.6) is 0 Å². The fourth-order valence-electron chi connectivity index (χ4n) is 2.99. The molecular formula is C24H21BrN4O2S. The summed E-state index contributed by atoms with van der Waals surface area (Å²) in [6, 6.07) is 19.4. The number of nitrogens with zero attached hydrogens (tertiary/aromatic N) is 4. The minimum Gasteiger partial charge on any atom is -0.467 e. The van der Waals surface area contributed by atoms with E-state index in [-0.39, 0.29) is 5.91 Å². The smallest absolute Gasteiger partial charge is 0.267 e. The number of thioether (sulfide) groups is 1. The summed E-state index contributed by atoms with van der Waals surface area (Å²) >= 11 is 4.74. The number of amidine groups is 1. The van der Waals surface area contributed by atoms with Crippen molar-refractivity contribution in [2.75, 3.05) is 19.0 Å². The van der Waals surface area contributed by atoms with E-state index in [2.05, 4.69) is 26.1 Å². The SMILES string of the molecule is CN(C)c1ccc(/C=N/N=C2\S/C(=C\c3ccc(Br)cc3)C(=O)N2Cc2ccco2)cc1. The molecule has 1 fully saturated rings. The number of anilines is 1. The van der Waals surface area contributed by atoms with Crippen molar-refractivity contribution in [3.63, 3.8) is 0 Å². The predicted octanol–water partition coefficient (Wildman–Crippen LogP) is 5.61. The number of amides is 1. The van der Waals surface area contributed by atoms with E-state index in [1.54, 1.807) is 23.4 Å². The van der Waals surface area contributed by atoms with Crippen LogP contribution in [0.25, 0.3) is 6.08 Å². The lowest BCUT2D eigenvalue weighted by Gasteiger charge is -2.12. The number of hydrogen-bond donors (Lipinski definition) is 0. The fraction of sp³-hybridized carbons (Fsp3) is 0.125. The topological polar surface area (TPSA) is 61.4 Å². The highest BCUT2D eigenvalue weighted by Gasteiger charge is 2.34. The fourth-order valence-corrected chi connectivity index (χ4v) is 4.19. The van der Waals surface area contributed by atoms with E-state index in [4.69, 9.17) is 4.42 Å². The van der Waals surface area contributed by atoms with E-state index in [1.165, 1.54) is 11.8 Å². The van der Waals surface area contributed by atoms with Gasteiger partial charge in [-0.15, -0.1) is 5.10 Å². The molecule has 0 aliphatic carbocycles. The van der Waals surface area contributed by atoms with Crippen molar-refractivity contribution in [1.82, 2.24) is 4.90 Å². The molecule has 0 unspecified atom stereocenters. The molecule has 32 heavy (non-hydrogen) atoms. The van der Waals surface area contributed by atoms with Crippen LogP contribution in [-0.2, 0) is 11.3 Å². The van der Waals surface area contributed by atoms with Gasteiger partial charge in [0.1, 0.15) is 5.76 Å². The van der Waals surface area contributed by atoms with E-state index in [1.807, 2.05) is 79.7 Å². The number of carbonyl (C=O) groups is 1. The third kappa shape index (κ3) is 5.38. The highest BCUT2D eigenvalue weighted by molar-refractivity contribution is 9.10. The van der Waals surface area contributed by atoms with Crippen LogP contribution in [0.3, 0.4) is 0 Å². The maximum absolute atomic E-state index is 13.1. The van der Waals surface area contributed by atoms with Crippen LogP contribution in [0.1, 0.15) is 16.9 Å². The summed E-state index contributed by atoms with van der Waals surface area (Å²) in [4.78, 5) is 17.3. The molecule has 4 rings (SSSR count). The molecule has 1 saturated heterocycles. The zero-order valence-corrected chi connectivity index (χ0v) is 20.0. The number of benzene rings is 2. The van der Waals surface area contributed by atoms with Gasteiger partial charge in [0.25, 0.3) is 5.91 Å². The first kappa shape index (κ1) is 22.1. The van der Waals surface area contributed by atoms with Crippen LogP contribution in [0.2, 0.25) is 0 Å². The normalized spacial score (nSPS) is 16.6. The van der Waals surface area contributed by atoms with Crippen molar-refractivity contribution >= 4 is 56.7 Å². The molecule has 0 saturated carbocycles. The molecule has 2 aromatic carbocycles. The Morgan fingerprint density at radius 3 is 2.44 bits per heavy atom. The molecule has 162 valence electrons. The molecule has 1 amide bonds. The summed E-state index contributed by atoms with van der Waals surface area (Å²) in [6.45, 7) is 0.294. The zero-order valence-electron chi connectivity index (χ0n) is 17.6. The van der Waals surface area contributed by atoms with E-state index in [0.717, 1.165) is 21.3 Å². The molecule has 2 heterocycles. The molecule has 0 spiro atoms. The summed E-state index contributed by atoms with van der Waals surface area (Å²) in [7, 11) is 3.99. The van der Waals surface area contributed by atoms with Gasteiger partial charge in [0.15, 0.2) is 5.17 Å². The summed E-state index contributed by atoms with van der Waals surface area (Å²) in [5.74, 6) is 0.554. The second kappa shape index (κ2) is 10.0. The van der Waals surface area contributed by atoms with E-state index in [0.29, 0.717) is 22.4 Å². The highest BCUT2D eigenvalue weighted by Crippen LogP contribution is 2.34. The Kier molecular flexibility index (Phi) is 6.92. The van der Waals surface area contributed by atoms with Crippen molar-refractivity contribution in [3.05, 3.63) is 93.2 Å². The van der Waals surface area contributed by atoms with Crippen LogP contribution >= 0.6 is 27.7 Å². The summed E-state index contributed by atoms with van der Waals surface area (Å²) in [5, 5.41) is 9.09. The Morgan fingerprint density at radius 1 is 1.06 bits per heavy atom. The number of rotatable bonds is 6. The lowest BCUT2D eigenvalue weighted by molar-refractivity contribution is -0.122. The summed E-state index contributed by atoms with van der Waals surface area (Å²) in [6.07, 6.45) is 5.13. The summed E-state index contributed by atoms with van der Waals surface area (Å²) in [5.41, 5.74) is 2.97. The van der Waals surface area contributed by atoms with Crippen LogP contribution < -0.4 is 4.90 Å². The van der Waals surface area contributed by atoms with Gasteiger partial charge in [-0.1, -0.05) is 40.2 Å². The van der Waals surface area contributed by atoms with Gasteiger partial charge in [-0.05, 0) is 65.4 Å². The first-order valence-electron chi connectivity index (χ1n) is 9.87. The average Bonchev–Trinajstić information content (AvgIpc) is 3.40. The number of hydrogen-bond acceptors (Lipinski definition) is 6. The second-order valence-electron chi connectivity index (χ2n) is 7.25. The third-order valence-corrected chi connectivity index (χ3v) is 6.24. The summed E-state index contributed by atoms with van der Waals surface area (Å²) < 4.78 is 6.42. The van der Waals surface area contributed by atoms with Crippen LogP contribution in [-0.4, -0.2) is 36.3 Å². The average molecular weight is 509 g/mol. The zero-order chi connectivity index (χ0) is 22.5. The van der Waals surface area contributed by atoms with Crippen molar-refractivity contribution in [1.29, 1.82) is 0 Å². The predicted molar refractivity (Wildman–Crippen MR) is 135 cm³/mol. The van der Waals surface area contributed by atoms with Gasteiger partial charge in [0.05, 0.1) is 23.9 Å².